The van der Waals surface area contributed by atoms with E-state index >= 15 is 0 Å². The number of thiazole rings is 1. The van der Waals surface area contributed by atoms with Crippen LogP contribution in [0.5, 0.6) is 0 Å². The zero-order valence-electron chi connectivity index (χ0n) is 14.3. The standard InChI is InChI=1S/C18H19FN2O3S/c1-4-23-8-7-21-15-6-5-13(19)10-16(15)25-18(21)20-17(22)14-9-11(2)24-12(14)3/h5-6,9-10H,4,7-8H2,1-3H3. The highest BCUT2D eigenvalue weighted by molar-refractivity contribution is 7.16. The number of amides is 1. The number of hydrogen-bond donors (Lipinski definition) is 0. The van der Waals surface area contributed by atoms with Crippen molar-refractivity contribution in [1.29, 1.82) is 0 Å². The van der Waals surface area contributed by atoms with Gasteiger partial charge in [-0.15, -0.1) is 0 Å². The molecule has 5 nitrogen and oxygen atoms in total. The first-order chi connectivity index (χ1) is 12.0. The summed E-state index contributed by atoms with van der Waals surface area (Å²) in [7, 11) is 0. The third kappa shape index (κ3) is 3.72. The number of nitrogens with zero attached hydrogens (tertiary/aromatic N) is 2. The first kappa shape index (κ1) is 17.6. The first-order valence-electron chi connectivity index (χ1n) is 8.02. The smallest absolute Gasteiger partial charge is 0.283 e. The Balaban J connectivity index is 2.08. The van der Waals surface area contributed by atoms with Crippen LogP contribution in [-0.4, -0.2) is 23.7 Å². The van der Waals surface area contributed by atoms with Crippen LogP contribution in [0.1, 0.15) is 28.8 Å². The van der Waals surface area contributed by atoms with Gasteiger partial charge in [0, 0.05) is 13.2 Å². The Morgan fingerprint density at radius 2 is 2.16 bits per heavy atom. The molecule has 0 aliphatic rings. The van der Waals surface area contributed by atoms with Gasteiger partial charge in [-0.25, -0.2) is 4.39 Å². The molecule has 0 N–H and O–H groups in total. The lowest BCUT2D eigenvalue weighted by Gasteiger charge is -2.05. The molecule has 0 unspecified atom stereocenters. The lowest BCUT2D eigenvalue weighted by molar-refractivity contribution is 0.0995. The Bertz CT molecular complexity index is 984. The lowest BCUT2D eigenvalue weighted by atomic mass is 10.2. The number of carbonyl (C=O) groups excluding carboxylic acids is 1. The summed E-state index contributed by atoms with van der Waals surface area (Å²) >= 11 is 1.28. The van der Waals surface area contributed by atoms with E-state index in [0.29, 0.717) is 41.6 Å². The zero-order chi connectivity index (χ0) is 18.0. The van der Waals surface area contributed by atoms with Gasteiger partial charge >= 0.3 is 0 Å². The highest BCUT2D eigenvalue weighted by Gasteiger charge is 2.14. The average molecular weight is 362 g/mol. The van der Waals surface area contributed by atoms with Crippen molar-refractivity contribution in [3.8, 4) is 0 Å². The monoisotopic (exact) mass is 362 g/mol. The number of ether oxygens (including phenoxy) is 1. The molecule has 0 atom stereocenters. The maximum absolute atomic E-state index is 13.5. The van der Waals surface area contributed by atoms with Crippen molar-refractivity contribution < 1.29 is 18.3 Å². The van der Waals surface area contributed by atoms with Crippen LogP contribution < -0.4 is 4.80 Å². The van der Waals surface area contributed by atoms with Gasteiger partial charge in [0.25, 0.3) is 5.91 Å². The van der Waals surface area contributed by atoms with Gasteiger partial charge < -0.3 is 13.7 Å². The van der Waals surface area contributed by atoms with Crippen LogP contribution >= 0.6 is 11.3 Å². The minimum absolute atomic E-state index is 0.315. The largest absolute Gasteiger partial charge is 0.466 e. The zero-order valence-corrected chi connectivity index (χ0v) is 15.2. The SMILES string of the molecule is CCOCCn1c(=NC(=O)c2cc(C)oc2C)sc2cc(F)ccc21. The fraction of sp³-hybridized carbons (Fsp3) is 0.333. The second-order valence-corrected chi connectivity index (χ2v) is 6.60. The quantitative estimate of drug-likeness (QED) is 0.648. The third-order valence-electron chi connectivity index (χ3n) is 3.78. The van der Waals surface area contributed by atoms with Crippen LogP contribution in [0, 0.1) is 19.7 Å². The fourth-order valence-electron chi connectivity index (χ4n) is 2.64. The highest BCUT2D eigenvalue weighted by Crippen LogP contribution is 2.19. The Kier molecular flexibility index (Phi) is 5.15. The second-order valence-electron chi connectivity index (χ2n) is 5.59. The number of aryl methyl sites for hydroxylation is 2. The Hall–Kier alpha value is -2.25. The minimum Gasteiger partial charge on any atom is -0.466 e. The summed E-state index contributed by atoms with van der Waals surface area (Å²) in [5.74, 6) is 0.523. The molecular weight excluding hydrogens is 343 g/mol. The van der Waals surface area contributed by atoms with Crippen LogP contribution in [0.15, 0.2) is 33.7 Å². The number of hydrogen-bond acceptors (Lipinski definition) is 4. The number of aromatic nitrogens is 1. The average Bonchev–Trinajstić information content (AvgIpc) is 3.07. The summed E-state index contributed by atoms with van der Waals surface area (Å²) in [5.41, 5.74) is 1.27. The van der Waals surface area contributed by atoms with E-state index in [1.807, 2.05) is 11.5 Å². The summed E-state index contributed by atoms with van der Waals surface area (Å²) in [6, 6.07) is 6.23. The van der Waals surface area contributed by atoms with E-state index in [0.717, 1.165) is 10.2 Å². The van der Waals surface area contributed by atoms with E-state index < -0.39 is 0 Å². The second kappa shape index (κ2) is 7.33. The molecule has 2 aromatic heterocycles. The molecule has 1 amide bonds. The fourth-order valence-corrected chi connectivity index (χ4v) is 3.72. The molecule has 2 heterocycles. The predicted octanol–water partition coefficient (Wildman–Crippen LogP) is 3.83. The van der Waals surface area contributed by atoms with Crippen LogP contribution in [-0.2, 0) is 11.3 Å². The van der Waals surface area contributed by atoms with Gasteiger partial charge in [-0.3, -0.25) is 4.79 Å². The summed E-state index contributed by atoms with van der Waals surface area (Å²) in [6.07, 6.45) is 0. The Morgan fingerprint density at radius 1 is 1.36 bits per heavy atom. The number of fused-ring (bicyclic) bond motifs is 1. The Labute approximate surface area is 148 Å². The molecule has 3 rings (SSSR count). The topological polar surface area (TPSA) is 56.7 Å². The van der Waals surface area contributed by atoms with Crippen LogP contribution in [0.2, 0.25) is 0 Å². The van der Waals surface area contributed by atoms with Crippen LogP contribution in [0.25, 0.3) is 10.2 Å². The van der Waals surface area contributed by atoms with Gasteiger partial charge in [0.1, 0.15) is 17.3 Å². The number of rotatable bonds is 5. The molecule has 0 radical (unpaired) electrons. The molecule has 0 bridgehead atoms. The minimum atomic E-state index is -0.369. The molecule has 0 aliphatic heterocycles. The van der Waals surface area contributed by atoms with Gasteiger partial charge in [-0.1, -0.05) is 11.3 Å². The van der Waals surface area contributed by atoms with Crippen molar-refractivity contribution in [3.05, 3.63) is 52.0 Å². The van der Waals surface area contributed by atoms with Gasteiger partial charge in [0.2, 0.25) is 0 Å². The van der Waals surface area contributed by atoms with Crippen LogP contribution in [0.4, 0.5) is 4.39 Å². The lowest BCUT2D eigenvalue weighted by Crippen LogP contribution is -2.19. The van der Waals surface area contributed by atoms with Gasteiger partial charge in [-0.05, 0) is 45.0 Å². The molecule has 1 aromatic carbocycles. The summed E-state index contributed by atoms with van der Waals surface area (Å²) in [6.45, 7) is 7.08. The molecule has 0 saturated heterocycles. The number of halogens is 1. The van der Waals surface area contributed by atoms with Crippen molar-refractivity contribution >= 4 is 27.5 Å². The van der Waals surface area contributed by atoms with Crippen molar-refractivity contribution in [2.45, 2.75) is 27.3 Å². The maximum atomic E-state index is 13.5. The molecule has 0 fully saturated rings. The van der Waals surface area contributed by atoms with Crippen molar-refractivity contribution in [1.82, 2.24) is 4.57 Å². The molecule has 3 aromatic rings. The van der Waals surface area contributed by atoms with Gasteiger partial charge in [0.15, 0.2) is 4.80 Å². The molecule has 0 spiro atoms. The number of furan rings is 1. The van der Waals surface area contributed by atoms with Gasteiger partial charge in [0.05, 0.1) is 22.4 Å². The van der Waals surface area contributed by atoms with Crippen molar-refractivity contribution in [2.75, 3.05) is 13.2 Å². The first-order valence-corrected chi connectivity index (χ1v) is 8.84. The number of carbonyl (C=O) groups is 1. The normalized spacial score (nSPS) is 12.2. The molecule has 7 heteroatoms. The molecule has 25 heavy (non-hydrogen) atoms. The van der Waals surface area contributed by atoms with Gasteiger partial charge in [-0.2, -0.15) is 4.99 Å². The van der Waals surface area contributed by atoms with E-state index in [9.17, 15) is 9.18 Å². The maximum Gasteiger partial charge on any atom is 0.283 e. The molecule has 0 aliphatic carbocycles. The third-order valence-corrected chi connectivity index (χ3v) is 4.82. The summed E-state index contributed by atoms with van der Waals surface area (Å²) in [5, 5.41) is 0. The van der Waals surface area contributed by atoms with E-state index in [1.165, 1.54) is 23.5 Å². The predicted molar refractivity (Wildman–Crippen MR) is 94.3 cm³/mol. The summed E-state index contributed by atoms with van der Waals surface area (Å²) < 4.78 is 27.0. The molecule has 132 valence electrons. The van der Waals surface area contributed by atoms with E-state index in [2.05, 4.69) is 4.99 Å². The molecule has 0 saturated carbocycles. The van der Waals surface area contributed by atoms with E-state index in [1.54, 1.807) is 26.0 Å². The van der Waals surface area contributed by atoms with Crippen LogP contribution in [0.3, 0.4) is 0 Å². The molecular formula is C18H19FN2O3S. The van der Waals surface area contributed by atoms with E-state index in [-0.39, 0.29) is 11.7 Å². The van der Waals surface area contributed by atoms with Crippen molar-refractivity contribution in [3.63, 3.8) is 0 Å². The van der Waals surface area contributed by atoms with Crippen molar-refractivity contribution in [2.24, 2.45) is 4.99 Å². The highest BCUT2D eigenvalue weighted by atomic mass is 32.1. The number of benzene rings is 1. The van der Waals surface area contributed by atoms with E-state index in [4.69, 9.17) is 9.15 Å². The summed E-state index contributed by atoms with van der Waals surface area (Å²) in [4.78, 5) is 17.3. The Morgan fingerprint density at radius 3 is 2.84 bits per heavy atom.